The van der Waals surface area contributed by atoms with E-state index < -0.39 is 0 Å². The van der Waals surface area contributed by atoms with Gasteiger partial charge in [0.25, 0.3) is 0 Å². The summed E-state index contributed by atoms with van der Waals surface area (Å²) in [4.78, 5) is 0. The maximum atomic E-state index is 9.15. The zero-order valence-corrected chi connectivity index (χ0v) is 13.2. The zero-order valence-electron chi connectivity index (χ0n) is 13.2. The fourth-order valence-corrected chi connectivity index (χ4v) is 4.02. The molecule has 0 saturated heterocycles. The van der Waals surface area contributed by atoms with E-state index >= 15 is 0 Å². The molecule has 0 spiro atoms. The van der Waals surface area contributed by atoms with Crippen LogP contribution in [0.2, 0.25) is 0 Å². The number of hydrogen-bond donors (Lipinski definition) is 2. The van der Waals surface area contributed by atoms with Gasteiger partial charge in [0.15, 0.2) is 0 Å². The summed E-state index contributed by atoms with van der Waals surface area (Å²) in [6, 6.07) is 1.15. The highest BCUT2D eigenvalue weighted by atomic mass is 16.3. The van der Waals surface area contributed by atoms with Crippen LogP contribution < -0.4 is 5.32 Å². The molecule has 1 saturated carbocycles. The van der Waals surface area contributed by atoms with Gasteiger partial charge in [-0.2, -0.15) is 5.10 Å². The van der Waals surface area contributed by atoms with Crippen molar-refractivity contribution in [1.29, 1.82) is 0 Å². The van der Waals surface area contributed by atoms with Gasteiger partial charge < -0.3 is 10.4 Å². The Hall–Kier alpha value is -0.870. The summed E-state index contributed by atoms with van der Waals surface area (Å²) in [5.41, 5.74) is 2.72. The Kier molecular flexibility index (Phi) is 4.96. The Morgan fingerprint density at radius 1 is 1.24 bits per heavy atom. The van der Waals surface area contributed by atoms with Crippen molar-refractivity contribution < 1.29 is 5.11 Å². The van der Waals surface area contributed by atoms with Crippen molar-refractivity contribution in [2.45, 2.75) is 76.9 Å². The van der Waals surface area contributed by atoms with E-state index in [0.29, 0.717) is 18.6 Å². The Morgan fingerprint density at radius 3 is 3.00 bits per heavy atom. The van der Waals surface area contributed by atoms with E-state index in [4.69, 9.17) is 5.11 Å². The summed E-state index contributed by atoms with van der Waals surface area (Å²) in [7, 11) is 0. The predicted molar refractivity (Wildman–Crippen MR) is 84.2 cm³/mol. The van der Waals surface area contributed by atoms with Gasteiger partial charge in [-0.05, 0) is 44.4 Å². The number of aromatic nitrogens is 2. The molecule has 0 amide bonds. The Balaban J connectivity index is 1.67. The zero-order chi connectivity index (χ0) is 14.7. The van der Waals surface area contributed by atoms with Crippen LogP contribution in [0.15, 0.2) is 6.20 Å². The van der Waals surface area contributed by atoms with Gasteiger partial charge in [0, 0.05) is 23.3 Å². The van der Waals surface area contributed by atoms with Gasteiger partial charge in [-0.15, -0.1) is 0 Å². The van der Waals surface area contributed by atoms with Crippen LogP contribution in [0.25, 0.3) is 0 Å². The number of nitrogens with zero attached hydrogens (tertiary/aromatic N) is 2. The molecule has 0 bridgehead atoms. The van der Waals surface area contributed by atoms with E-state index in [1.165, 1.54) is 56.2 Å². The summed E-state index contributed by atoms with van der Waals surface area (Å²) in [6.07, 6.45) is 12.3. The number of rotatable bonds is 4. The Morgan fingerprint density at radius 2 is 2.14 bits per heavy atom. The molecule has 2 aliphatic carbocycles. The summed E-state index contributed by atoms with van der Waals surface area (Å²) in [6.45, 7) is 3.19. The lowest BCUT2D eigenvalue weighted by Gasteiger charge is -2.28. The van der Waals surface area contributed by atoms with Gasteiger partial charge in [0.2, 0.25) is 0 Å². The second-order valence-electron chi connectivity index (χ2n) is 6.92. The van der Waals surface area contributed by atoms with Crippen molar-refractivity contribution in [2.75, 3.05) is 6.61 Å². The van der Waals surface area contributed by atoms with Crippen molar-refractivity contribution in [3.63, 3.8) is 0 Å². The fourth-order valence-electron chi connectivity index (χ4n) is 4.02. The maximum Gasteiger partial charge on any atom is 0.0644 e. The maximum absolute atomic E-state index is 9.15. The number of nitrogens with one attached hydrogen (secondary N) is 1. The van der Waals surface area contributed by atoms with Crippen LogP contribution in [0, 0.1) is 5.92 Å². The fraction of sp³-hybridized carbons (Fsp3) is 0.824. The molecule has 1 aromatic rings. The van der Waals surface area contributed by atoms with Gasteiger partial charge in [-0.3, -0.25) is 4.68 Å². The van der Waals surface area contributed by atoms with Crippen molar-refractivity contribution >= 4 is 0 Å². The predicted octanol–water partition coefficient (Wildman–Crippen LogP) is 2.81. The normalized spacial score (nSPS) is 29.9. The highest BCUT2D eigenvalue weighted by molar-refractivity contribution is 5.25. The van der Waals surface area contributed by atoms with Crippen molar-refractivity contribution in [2.24, 2.45) is 5.92 Å². The molecule has 2 N–H and O–H groups in total. The van der Waals surface area contributed by atoms with Gasteiger partial charge in [-0.25, -0.2) is 0 Å². The van der Waals surface area contributed by atoms with Crippen molar-refractivity contribution in [1.82, 2.24) is 15.1 Å². The van der Waals surface area contributed by atoms with Crippen LogP contribution >= 0.6 is 0 Å². The largest absolute Gasteiger partial charge is 0.394 e. The van der Waals surface area contributed by atoms with E-state index in [9.17, 15) is 0 Å². The first-order valence-electron chi connectivity index (χ1n) is 8.69. The second kappa shape index (κ2) is 6.93. The standard InChI is InChI=1S/C17H29N3O/c1-13-4-2-5-14(9-8-13)19-16-6-3-7-17-15(16)12-18-20(17)10-11-21/h12-14,16,19,21H,2-11H2,1H3. The van der Waals surface area contributed by atoms with E-state index in [1.54, 1.807) is 0 Å². The number of aliphatic hydroxyl groups is 1. The van der Waals surface area contributed by atoms with Crippen molar-refractivity contribution in [3.05, 3.63) is 17.5 Å². The summed E-state index contributed by atoms with van der Waals surface area (Å²) in [5.74, 6) is 0.894. The molecule has 3 unspecified atom stereocenters. The van der Waals surface area contributed by atoms with Crippen LogP contribution in [-0.4, -0.2) is 27.5 Å². The molecule has 0 aliphatic heterocycles. The molecule has 4 heteroatoms. The third-order valence-corrected chi connectivity index (χ3v) is 5.27. The first kappa shape index (κ1) is 15.0. The molecule has 1 aromatic heterocycles. The molecule has 21 heavy (non-hydrogen) atoms. The first-order chi connectivity index (χ1) is 10.3. The molecular formula is C17H29N3O. The average Bonchev–Trinajstić information content (AvgIpc) is 2.78. The molecule has 1 heterocycles. The quantitative estimate of drug-likeness (QED) is 0.839. The summed E-state index contributed by atoms with van der Waals surface area (Å²) >= 11 is 0. The van der Waals surface area contributed by atoms with Gasteiger partial charge in [0.1, 0.15) is 0 Å². The lowest BCUT2D eigenvalue weighted by Crippen LogP contribution is -2.34. The molecule has 0 radical (unpaired) electrons. The highest BCUT2D eigenvalue weighted by Gasteiger charge is 2.26. The van der Waals surface area contributed by atoms with Crippen LogP contribution in [-0.2, 0) is 13.0 Å². The monoisotopic (exact) mass is 291 g/mol. The van der Waals surface area contributed by atoms with E-state index in [0.717, 1.165) is 12.3 Å². The highest BCUT2D eigenvalue weighted by Crippen LogP contribution is 2.32. The van der Waals surface area contributed by atoms with E-state index in [1.807, 2.05) is 10.9 Å². The summed E-state index contributed by atoms with van der Waals surface area (Å²) in [5, 5.41) is 17.5. The third kappa shape index (κ3) is 3.49. The molecule has 1 fully saturated rings. The van der Waals surface area contributed by atoms with Gasteiger partial charge in [-0.1, -0.05) is 19.8 Å². The number of fused-ring (bicyclic) bond motifs is 1. The van der Waals surface area contributed by atoms with Crippen molar-refractivity contribution in [3.8, 4) is 0 Å². The molecule has 0 aromatic carbocycles. The van der Waals surface area contributed by atoms with E-state index in [-0.39, 0.29) is 6.61 Å². The smallest absolute Gasteiger partial charge is 0.0644 e. The molecule has 3 atom stereocenters. The SMILES string of the molecule is CC1CCCC(NC2CCCc3c2cnn3CCO)CC1. The number of hydrogen-bond acceptors (Lipinski definition) is 3. The minimum absolute atomic E-state index is 0.173. The minimum Gasteiger partial charge on any atom is -0.394 e. The molecular weight excluding hydrogens is 262 g/mol. The third-order valence-electron chi connectivity index (χ3n) is 5.27. The number of aliphatic hydroxyl groups excluding tert-OH is 1. The summed E-state index contributed by atoms with van der Waals surface area (Å²) < 4.78 is 2.00. The van der Waals surface area contributed by atoms with Crippen LogP contribution in [0.5, 0.6) is 0 Å². The van der Waals surface area contributed by atoms with Crippen LogP contribution in [0.4, 0.5) is 0 Å². The molecule has 4 nitrogen and oxygen atoms in total. The average molecular weight is 291 g/mol. The second-order valence-corrected chi connectivity index (χ2v) is 6.92. The Bertz CT molecular complexity index is 457. The Labute approximate surface area is 127 Å². The van der Waals surface area contributed by atoms with E-state index in [2.05, 4.69) is 17.3 Å². The molecule has 118 valence electrons. The lowest BCUT2D eigenvalue weighted by molar-refractivity contribution is 0.266. The molecule has 3 rings (SSSR count). The molecule has 2 aliphatic rings. The minimum atomic E-state index is 0.173. The van der Waals surface area contributed by atoms with Crippen LogP contribution in [0.1, 0.15) is 69.2 Å². The van der Waals surface area contributed by atoms with Gasteiger partial charge >= 0.3 is 0 Å². The first-order valence-corrected chi connectivity index (χ1v) is 8.69. The topological polar surface area (TPSA) is 50.1 Å². The lowest BCUT2D eigenvalue weighted by atomic mass is 9.91. The van der Waals surface area contributed by atoms with Gasteiger partial charge in [0.05, 0.1) is 19.3 Å². The van der Waals surface area contributed by atoms with Crippen LogP contribution in [0.3, 0.4) is 0 Å².